The van der Waals surface area contributed by atoms with Gasteiger partial charge in [-0.1, -0.05) is 32.8 Å². The molecule has 5 heteroatoms. The van der Waals surface area contributed by atoms with Crippen molar-refractivity contribution in [3.63, 3.8) is 0 Å². The summed E-state index contributed by atoms with van der Waals surface area (Å²) in [6.45, 7) is 7.51. The second-order valence-electron chi connectivity index (χ2n) is 5.55. The zero-order valence-electron chi connectivity index (χ0n) is 14.4. The van der Waals surface area contributed by atoms with E-state index in [9.17, 15) is 14.0 Å². The fraction of sp³-hybridized carbons (Fsp3) is 0.474. The maximum Gasteiger partial charge on any atom is 0.311 e. The third kappa shape index (κ3) is 6.52. The lowest BCUT2D eigenvalue weighted by Crippen LogP contribution is -2.13. The molecule has 0 saturated carbocycles. The predicted octanol–water partition coefficient (Wildman–Crippen LogP) is 4.75. The monoisotopic (exact) mass is 336 g/mol. The van der Waals surface area contributed by atoms with E-state index in [0.717, 1.165) is 12.8 Å². The Kier molecular flexibility index (Phi) is 8.76. The van der Waals surface area contributed by atoms with E-state index in [1.165, 1.54) is 12.1 Å². The van der Waals surface area contributed by atoms with E-state index < -0.39 is 17.8 Å². The first-order chi connectivity index (χ1) is 11.5. The van der Waals surface area contributed by atoms with Crippen molar-refractivity contribution >= 4 is 11.9 Å². The number of benzene rings is 1. The minimum absolute atomic E-state index is 0.0576. The number of halogens is 1. The third-order valence-electron chi connectivity index (χ3n) is 3.36. The molecule has 0 unspecified atom stereocenters. The molecular weight excluding hydrogens is 311 g/mol. The van der Waals surface area contributed by atoms with Crippen LogP contribution in [-0.2, 0) is 16.0 Å². The van der Waals surface area contributed by atoms with Gasteiger partial charge in [0.1, 0.15) is 0 Å². The molecule has 24 heavy (non-hydrogen) atoms. The van der Waals surface area contributed by atoms with E-state index in [-0.39, 0.29) is 24.3 Å². The minimum Gasteiger partial charge on any atom is -0.422 e. The van der Waals surface area contributed by atoms with Crippen LogP contribution in [0.1, 0.15) is 57.9 Å². The molecule has 0 fully saturated rings. The van der Waals surface area contributed by atoms with Crippen molar-refractivity contribution in [1.82, 2.24) is 0 Å². The van der Waals surface area contributed by atoms with Gasteiger partial charge >= 0.3 is 11.9 Å². The van der Waals surface area contributed by atoms with Crippen molar-refractivity contribution < 1.29 is 23.5 Å². The molecule has 0 N–H and O–H groups in total. The molecule has 1 rings (SSSR count). The molecule has 1 aromatic carbocycles. The first-order valence-corrected chi connectivity index (χ1v) is 8.36. The molecule has 0 aliphatic carbocycles. The fourth-order valence-electron chi connectivity index (χ4n) is 2.06. The lowest BCUT2D eigenvalue weighted by atomic mass is 10.1. The Labute approximate surface area is 142 Å². The van der Waals surface area contributed by atoms with Gasteiger partial charge in [0.2, 0.25) is 5.75 Å². The summed E-state index contributed by atoms with van der Waals surface area (Å²) in [5.41, 5.74) is 0.592. The Morgan fingerprint density at radius 3 is 2.21 bits per heavy atom. The van der Waals surface area contributed by atoms with Crippen molar-refractivity contribution in [2.75, 3.05) is 0 Å². The lowest BCUT2D eigenvalue weighted by Gasteiger charge is -2.13. The highest BCUT2D eigenvalue weighted by molar-refractivity contribution is 5.76. The summed E-state index contributed by atoms with van der Waals surface area (Å²) < 4.78 is 24.6. The van der Waals surface area contributed by atoms with Crippen LogP contribution >= 0.6 is 0 Å². The van der Waals surface area contributed by atoms with Gasteiger partial charge in [-0.3, -0.25) is 9.59 Å². The Morgan fingerprint density at radius 1 is 1.08 bits per heavy atom. The molecule has 0 aromatic heterocycles. The Balaban J connectivity index is 3.02. The minimum atomic E-state index is -0.725. The summed E-state index contributed by atoms with van der Waals surface area (Å²) >= 11 is 0. The summed E-state index contributed by atoms with van der Waals surface area (Å²) in [7, 11) is 0. The molecule has 0 radical (unpaired) electrons. The molecule has 0 aliphatic heterocycles. The zero-order chi connectivity index (χ0) is 17.9. The van der Waals surface area contributed by atoms with Gasteiger partial charge in [-0.05, 0) is 37.0 Å². The first kappa shape index (κ1) is 19.9. The Bertz CT molecular complexity index is 581. The van der Waals surface area contributed by atoms with Crippen molar-refractivity contribution in [3.8, 4) is 11.5 Å². The second-order valence-corrected chi connectivity index (χ2v) is 5.55. The number of carbonyl (C=O) groups excluding carboxylic acids is 2. The van der Waals surface area contributed by atoms with Gasteiger partial charge in [-0.25, -0.2) is 4.39 Å². The zero-order valence-corrected chi connectivity index (χ0v) is 14.4. The quantitative estimate of drug-likeness (QED) is 0.352. The molecular formula is C19H25FO4. The van der Waals surface area contributed by atoms with Crippen LogP contribution in [0.15, 0.2) is 24.8 Å². The summed E-state index contributed by atoms with van der Waals surface area (Å²) in [4.78, 5) is 23.7. The first-order valence-electron chi connectivity index (χ1n) is 8.36. The van der Waals surface area contributed by atoms with E-state index in [1.54, 1.807) is 6.08 Å². The van der Waals surface area contributed by atoms with Crippen LogP contribution in [-0.4, -0.2) is 11.9 Å². The normalized spacial score (nSPS) is 10.3. The number of carbonyl (C=O) groups is 2. The molecule has 0 heterocycles. The number of esters is 2. The van der Waals surface area contributed by atoms with Crippen LogP contribution in [0.2, 0.25) is 0 Å². The SMILES string of the molecule is C=CCc1cc(F)c(OC(=O)CCCC)c(OC(=O)CCCC)c1. The maximum absolute atomic E-state index is 14.3. The number of hydrogen-bond acceptors (Lipinski definition) is 4. The summed E-state index contributed by atoms with van der Waals surface area (Å²) in [6.07, 6.45) is 5.46. The Morgan fingerprint density at radius 2 is 1.67 bits per heavy atom. The van der Waals surface area contributed by atoms with Crippen molar-refractivity contribution in [2.45, 2.75) is 58.8 Å². The van der Waals surface area contributed by atoms with Gasteiger partial charge in [0, 0.05) is 12.8 Å². The van der Waals surface area contributed by atoms with Crippen LogP contribution in [0.5, 0.6) is 11.5 Å². The highest BCUT2D eigenvalue weighted by Gasteiger charge is 2.19. The van der Waals surface area contributed by atoms with Crippen LogP contribution in [0.4, 0.5) is 4.39 Å². The summed E-state index contributed by atoms with van der Waals surface area (Å²) in [6, 6.07) is 2.77. The summed E-state index contributed by atoms with van der Waals surface area (Å²) in [5, 5.41) is 0. The number of allylic oxidation sites excluding steroid dienone is 1. The summed E-state index contributed by atoms with van der Waals surface area (Å²) in [5.74, 6) is -2.13. The number of ether oxygens (including phenoxy) is 2. The van der Waals surface area contributed by atoms with Crippen molar-refractivity contribution in [3.05, 3.63) is 36.2 Å². The van der Waals surface area contributed by atoms with Gasteiger partial charge in [0.05, 0.1) is 0 Å². The van der Waals surface area contributed by atoms with Crippen LogP contribution in [0.3, 0.4) is 0 Å². The molecule has 0 atom stereocenters. The standard InChI is InChI=1S/C19H25FO4/c1-4-7-10-17(21)23-16-13-14(9-6-3)12-15(20)19(16)24-18(22)11-8-5-2/h6,12-13H,3-5,7-11H2,1-2H3. The predicted molar refractivity (Wildman–Crippen MR) is 90.6 cm³/mol. The fourth-order valence-corrected chi connectivity index (χ4v) is 2.06. The molecule has 0 aliphatic rings. The molecule has 0 spiro atoms. The maximum atomic E-state index is 14.3. The van der Waals surface area contributed by atoms with Crippen molar-refractivity contribution in [1.29, 1.82) is 0 Å². The second kappa shape index (κ2) is 10.6. The number of hydrogen-bond donors (Lipinski definition) is 0. The van der Waals surface area contributed by atoms with E-state index >= 15 is 0 Å². The van der Waals surface area contributed by atoms with Gasteiger partial charge < -0.3 is 9.47 Å². The highest BCUT2D eigenvalue weighted by Crippen LogP contribution is 2.33. The van der Waals surface area contributed by atoms with Gasteiger partial charge in [0.25, 0.3) is 0 Å². The van der Waals surface area contributed by atoms with Gasteiger partial charge in [-0.15, -0.1) is 6.58 Å². The number of rotatable bonds is 10. The molecule has 0 saturated heterocycles. The molecule has 0 bridgehead atoms. The van der Waals surface area contributed by atoms with E-state index in [1.807, 2.05) is 13.8 Å². The van der Waals surface area contributed by atoms with E-state index in [4.69, 9.17) is 9.47 Å². The highest BCUT2D eigenvalue weighted by atomic mass is 19.1. The van der Waals surface area contributed by atoms with E-state index in [2.05, 4.69) is 6.58 Å². The van der Waals surface area contributed by atoms with Crippen LogP contribution < -0.4 is 9.47 Å². The average Bonchev–Trinajstić information content (AvgIpc) is 2.54. The Hall–Kier alpha value is -2.17. The van der Waals surface area contributed by atoms with Crippen LogP contribution in [0, 0.1) is 5.82 Å². The molecule has 132 valence electrons. The largest absolute Gasteiger partial charge is 0.422 e. The molecule has 0 amide bonds. The third-order valence-corrected chi connectivity index (χ3v) is 3.36. The molecule has 4 nitrogen and oxygen atoms in total. The van der Waals surface area contributed by atoms with Crippen LogP contribution in [0.25, 0.3) is 0 Å². The van der Waals surface area contributed by atoms with E-state index in [0.29, 0.717) is 24.8 Å². The topological polar surface area (TPSA) is 52.6 Å². The smallest absolute Gasteiger partial charge is 0.311 e. The van der Waals surface area contributed by atoms with Gasteiger partial charge in [-0.2, -0.15) is 0 Å². The van der Waals surface area contributed by atoms with Gasteiger partial charge in [0.15, 0.2) is 11.6 Å². The average molecular weight is 336 g/mol. The van der Waals surface area contributed by atoms with Crippen molar-refractivity contribution in [2.24, 2.45) is 0 Å². The molecule has 1 aromatic rings. The lowest BCUT2D eigenvalue weighted by molar-refractivity contribution is -0.137. The number of unbranched alkanes of at least 4 members (excludes halogenated alkanes) is 2.